The summed E-state index contributed by atoms with van der Waals surface area (Å²) in [5, 5.41) is 3.74. The molecule has 0 radical (unpaired) electrons. The summed E-state index contributed by atoms with van der Waals surface area (Å²) in [4.78, 5) is 0. The van der Waals surface area contributed by atoms with E-state index in [0.717, 1.165) is 12.5 Å². The molecule has 0 amide bonds. The predicted octanol–water partition coefficient (Wildman–Crippen LogP) is 5.61. The Bertz CT molecular complexity index is 412. The minimum absolute atomic E-state index is 0.289. The van der Waals surface area contributed by atoms with Crippen molar-refractivity contribution in [3.8, 4) is 0 Å². The van der Waals surface area contributed by atoms with Crippen LogP contribution in [0.1, 0.15) is 83.4 Å². The topological polar surface area (TPSA) is 12.0 Å². The Balaban J connectivity index is 2.16. The molecule has 1 saturated carbocycles. The molecular weight excluding hydrogens is 254 g/mol. The van der Waals surface area contributed by atoms with Crippen LogP contribution in [-0.4, -0.2) is 6.54 Å². The minimum Gasteiger partial charge on any atom is -0.310 e. The summed E-state index contributed by atoms with van der Waals surface area (Å²) in [7, 11) is 0. The summed E-state index contributed by atoms with van der Waals surface area (Å²) in [5.41, 5.74) is 3.24. The second-order valence-corrected chi connectivity index (χ2v) is 7.29. The minimum atomic E-state index is 0.289. The Morgan fingerprint density at radius 3 is 2.19 bits per heavy atom. The van der Waals surface area contributed by atoms with Gasteiger partial charge in [0.2, 0.25) is 0 Å². The molecule has 0 bridgehead atoms. The van der Waals surface area contributed by atoms with Crippen molar-refractivity contribution in [2.24, 2.45) is 5.92 Å². The van der Waals surface area contributed by atoms with Gasteiger partial charge in [0, 0.05) is 6.04 Å². The lowest BCUT2D eigenvalue weighted by molar-refractivity contribution is 0.274. The van der Waals surface area contributed by atoms with E-state index in [9.17, 15) is 0 Å². The molecule has 118 valence electrons. The lowest BCUT2D eigenvalue weighted by Crippen LogP contribution is -2.29. The number of nitrogens with one attached hydrogen (secondary N) is 1. The van der Waals surface area contributed by atoms with E-state index in [1.165, 1.54) is 49.7 Å². The second-order valence-electron chi connectivity index (χ2n) is 7.29. The third kappa shape index (κ3) is 4.10. The molecule has 1 unspecified atom stereocenters. The SMILES string of the molecule is CCNC(c1ccc(C(C)(C)CC)cc1)C1CCCCC1. The fourth-order valence-corrected chi connectivity index (χ4v) is 3.59. The first kappa shape index (κ1) is 16.5. The number of rotatable bonds is 6. The van der Waals surface area contributed by atoms with Crippen molar-refractivity contribution in [2.45, 2.75) is 77.7 Å². The van der Waals surface area contributed by atoms with Gasteiger partial charge in [-0.1, -0.05) is 71.2 Å². The Morgan fingerprint density at radius 2 is 1.67 bits per heavy atom. The molecule has 1 heteroatoms. The van der Waals surface area contributed by atoms with Gasteiger partial charge in [-0.3, -0.25) is 0 Å². The van der Waals surface area contributed by atoms with Crippen molar-refractivity contribution in [2.75, 3.05) is 6.54 Å². The van der Waals surface area contributed by atoms with Crippen LogP contribution < -0.4 is 5.32 Å². The van der Waals surface area contributed by atoms with Gasteiger partial charge in [0.15, 0.2) is 0 Å². The molecule has 2 rings (SSSR count). The van der Waals surface area contributed by atoms with E-state index in [1.54, 1.807) is 0 Å². The molecule has 1 nitrogen and oxygen atoms in total. The lowest BCUT2D eigenvalue weighted by atomic mass is 9.79. The van der Waals surface area contributed by atoms with Crippen molar-refractivity contribution < 1.29 is 0 Å². The highest BCUT2D eigenvalue weighted by Gasteiger charge is 2.25. The van der Waals surface area contributed by atoms with E-state index >= 15 is 0 Å². The van der Waals surface area contributed by atoms with Crippen molar-refractivity contribution in [3.05, 3.63) is 35.4 Å². The van der Waals surface area contributed by atoms with Gasteiger partial charge in [-0.05, 0) is 48.3 Å². The van der Waals surface area contributed by atoms with Gasteiger partial charge >= 0.3 is 0 Å². The summed E-state index contributed by atoms with van der Waals surface area (Å²) < 4.78 is 0. The molecule has 1 aliphatic rings. The summed E-state index contributed by atoms with van der Waals surface area (Å²) in [6.45, 7) is 10.2. The molecule has 1 aromatic rings. The quantitative estimate of drug-likeness (QED) is 0.717. The third-order valence-electron chi connectivity index (χ3n) is 5.48. The summed E-state index contributed by atoms with van der Waals surface area (Å²) in [6, 6.07) is 10.00. The molecule has 1 atom stereocenters. The van der Waals surface area contributed by atoms with Crippen LogP contribution in [0.15, 0.2) is 24.3 Å². The van der Waals surface area contributed by atoms with E-state index in [0.29, 0.717) is 6.04 Å². The first-order valence-corrected chi connectivity index (χ1v) is 8.92. The van der Waals surface area contributed by atoms with Crippen molar-refractivity contribution in [1.29, 1.82) is 0 Å². The summed E-state index contributed by atoms with van der Waals surface area (Å²) >= 11 is 0. The first-order valence-electron chi connectivity index (χ1n) is 8.92. The zero-order valence-electron chi connectivity index (χ0n) is 14.4. The Labute approximate surface area is 131 Å². The van der Waals surface area contributed by atoms with Gasteiger partial charge in [0.05, 0.1) is 0 Å². The normalized spacial score (nSPS) is 18.7. The van der Waals surface area contributed by atoms with E-state index in [1.807, 2.05) is 0 Å². The van der Waals surface area contributed by atoms with Crippen LogP contribution in [0, 0.1) is 5.92 Å². The fourth-order valence-electron chi connectivity index (χ4n) is 3.59. The van der Waals surface area contributed by atoms with Gasteiger partial charge < -0.3 is 5.32 Å². The van der Waals surface area contributed by atoms with Crippen LogP contribution in [-0.2, 0) is 5.41 Å². The average Bonchev–Trinajstić information content (AvgIpc) is 2.53. The molecule has 0 aromatic heterocycles. The molecule has 0 heterocycles. The highest BCUT2D eigenvalue weighted by molar-refractivity contribution is 5.30. The molecule has 21 heavy (non-hydrogen) atoms. The van der Waals surface area contributed by atoms with Crippen LogP contribution in [0.2, 0.25) is 0 Å². The third-order valence-corrected chi connectivity index (χ3v) is 5.48. The smallest absolute Gasteiger partial charge is 0.0348 e. The van der Waals surface area contributed by atoms with Crippen LogP contribution in [0.4, 0.5) is 0 Å². The highest BCUT2D eigenvalue weighted by Crippen LogP contribution is 2.35. The number of hydrogen-bond donors (Lipinski definition) is 1. The van der Waals surface area contributed by atoms with Crippen LogP contribution in [0.3, 0.4) is 0 Å². The maximum atomic E-state index is 3.74. The monoisotopic (exact) mass is 287 g/mol. The highest BCUT2D eigenvalue weighted by atomic mass is 14.9. The number of hydrogen-bond acceptors (Lipinski definition) is 1. The van der Waals surface area contributed by atoms with Crippen molar-refractivity contribution in [3.63, 3.8) is 0 Å². The molecule has 0 saturated heterocycles. The molecular formula is C20H33N. The molecule has 1 N–H and O–H groups in total. The lowest BCUT2D eigenvalue weighted by Gasteiger charge is -2.32. The Hall–Kier alpha value is -0.820. The fraction of sp³-hybridized carbons (Fsp3) is 0.700. The standard InChI is InChI=1S/C20H33N/c1-5-20(3,4)18-14-12-17(13-15-18)19(21-6-2)16-10-8-7-9-11-16/h12-16,19,21H,5-11H2,1-4H3. The van der Waals surface area contributed by atoms with Crippen LogP contribution >= 0.6 is 0 Å². The Kier molecular flexibility index (Phi) is 5.87. The molecule has 1 aliphatic carbocycles. The largest absolute Gasteiger partial charge is 0.310 e. The van der Waals surface area contributed by atoms with Gasteiger partial charge in [-0.25, -0.2) is 0 Å². The van der Waals surface area contributed by atoms with Gasteiger partial charge in [0.25, 0.3) is 0 Å². The predicted molar refractivity (Wildman–Crippen MR) is 92.8 cm³/mol. The maximum absolute atomic E-state index is 3.74. The van der Waals surface area contributed by atoms with E-state index in [2.05, 4.69) is 57.3 Å². The molecule has 1 aromatic carbocycles. The van der Waals surface area contributed by atoms with Crippen molar-refractivity contribution >= 4 is 0 Å². The molecule has 1 fully saturated rings. The van der Waals surface area contributed by atoms with Gasteiger partial charge in [0.1, 0.15) is 0 Å². The van der Waals surface area contributed by atoms with E-state index < -0.39 is 0 Å². The van der Waals surface area contributed by atoms with Gasteiger partial charge in [-0.2, -0.15) is 0 Å². The summed E-state index contributed by atoms with van der Waals surface area (Å²) in [6.07, 6.45) is 8.21. The maximum Gasteiger partial charge on any atom is 0.0348 e. The average molecular weight is 287 g/mol. The zero-order chi connectivity index (χ0) is 15.3. The van der Waals surface area contributed by atoms with E-state index in [-0.39, 0.29) is 5.41 Å². The molecule has 0 aliphatic heterocycles. The van der Waals surface area contributed by atoms with Gasteiger partial charge in [-0.15, -0.1) is 0 Å². The first-order chi connectivity index (χ1) is 10.1. The van der Waals surface area contributed by atoms with Crippen molar-refractivity contribution in [1.82, 2.24) is 5.32 Å². The van der Waals surface area contributed by atoms with Crippen LogP contribution in [0.5, 0.6) is 0 Å². The van der Waals surface area contributed by atoms with E-state index in [4.69, 9.17) is 0 Å². The Morgan fingerprint density at radius 1 is 1.05 bits per heavy atom. The zero-order valence-corrected chi connectivity index (χ0v) is 14.4. The molecule has 0 spiro atoms. The number of benzene rings is 1. The van der Waals surface area contributed by atoms with Crippen LogP contribution in [0.25, 0.3) is 0 Å². The second kappa shape index (κ2) is 7.45. The summed E-state index contributed by atoms with van der Waals surface area (Å²) in [5.74, 6) is 0.823.